The highest BCUT2D eigenvalue weighted by molar-refractivity contribution is 5.50. The van der Waals surface area contributed by atoms with Crippen LogP contribution < -0.4 is 15.8 Å². The van der Waals surface area contributed by atoms with E-state index in [1.807, 2.05) is 0 Å². The van der Waals surface area contributed by atoms with Gasteiger partial charge in [0.05, 0.1) is 12.8 Å². The van der Waals surface area contributed by atoms with Gasteiger partial charge in [0.1, 0.15) is 11.6 Å². The number of nitrogens with two attached hydrogens (primary N) is 1. The van der Waals surface area contributed by atoms with Crippen molar-refractivity contribution in [3.63, 3.8) is 0 Å². The second-order valence-electron chi connectivity index (χ2n) is 4.88. The van der Waals surface area contributed by atoms with Crippen LogP contribution in [-0.2, 0) is 0 Å². The van der Waals surface area contributed by atoms with Gasteiger partial charge in [0.25, 0.3) is 0 Å². The normalized spacial score (nSPS) is 17.7. The third-order valence-electron chi connectivity index (χ3n) is 3.74. The van der Waals surface area contributed by atoms with E-state index in [0.717, 1.165) is 0 Å². The van der Waals surface area contributed by atoms with E-state index in [-0.39, 0.29) is 11.9 Å². The summed E-state index contributed by atoms with van der Waals surface area (Å²) >= 11 is 0. The first-order valence-electron chi connectivity index (χ1n) is 6.54. The highest BCUT2D eigenvalue weighted by Crippen LogP contribution is 2.30. The minimum absolute atomic E-state index is 0.147. The molecule has 0 radical (unpaired) electrons. The van der Waals surface area contributed by atoms with Crippen LogP contribution in [0.4, 0.5) is 10.1 Å². The van der Waals surface area contributed by atoms with Gasteiger partial charge in [-0.2, -0.15) is 0 Å². The second kappa shape index (κ2) is 6.05. The molecule has 1 aliphatic carbocycles. The Morgan fingerprint density at radius 3 is 2.78 bits per heavy atom. The Morgan fingerprint density at radius 2 is 2.17 bits per heavy atom. The lowest BCUT2D eigenvalue weighted by Gasteiger charge is -2.24. The summed E-state index contributed by atoms with van der Waals surface area (Å²) in [7, 11) is 1.58. The molecule has 3 N–H and O–H groups in total. The zero-order chi connectivity index (χ0) is 13.0. The summed E-state index contributed by atoms with van der Waals surface area (Å²) in [4.78, 5) is 0. The number of benzene rings is 1. The van der Waals surface area contributed by atoms with Crippen molar-refractivity contribution in [2.24, 2.45) is 11.7 Å². The predicted octanol–water partition coefficient (Wildman–Crippen LogP) is 2.76. The molecule has 1 atom stereocenters. The maximum absolute atomic E-state index is 13.7. The highest BCUT2D eigenvalue weighted by atomic mass is 19.1. The van der Waals surface area contributed by atoms with Crippen LogP contribution in [0.3, 0.4) is 0 Å². The number of hydrogen-bond acceptors (Lipinski definition) is 3. The SMILES string of the molecule is COc1ccc(F)c(NC(CN)C2CCCC2)c1. The largest absolute Gasteiger partial charge is 0.497 e. The molecule has 0 aliphatic heterocycles. The van der Waals surface area contributed by atoms with Crippen molar-refractivity contribution < 1.29 is 9.13 Å². The summed E-state index contributed by atoms with van der Waals surface area (Å²) in [5.41, 5.74) is 6.29. The molecule has 1 saturated carbocycles. The summed E-state index contributed by atoms with van der Waals surface area (Å²) < 4.78 is 18.8. The molecular formula is C14H21FN2O. The molecule has 18 heavy (non-hydrogen) atoms. The first-order chi connectivity index (χ1) is 8.74. The molecule has 0 amide bonds. The summed E-state index contributed by atoms with van der Waals surface area (Å²) in [6, 6.07) is 4.87. The third-order valence-corrected chi connectivity index (χ3v) is 3.74. The van der Waals surface area contributed by atoms with Crippen LogP contribution in [0.2, 0.25) is 0 Å². The molecule has 0 saturated heterocycles. The van der Waals surface area contributed by atoms with Gasteiger partial charge < -0.3 is 15.8 Å². The monoisotopic (exact) mass is 252 g/mol. The number of hydrogen-bond donors (Lipinski definition) is 2. The average molecular weight is 252 g/mol. The van der Waals surface area contributed by atoms with E-state index in [9.17, 15) is 4.39 Å². The Kier molecular flexibility index (Phi) is 4.42. The maximum Gasteiger partial charge on any atom is 0.146 e. The first-order valence-corrected chi connectivity index (χ1v) is 6.54. The Labute approximate surface area is 108 Å². The predicted molar refractivity (Wildman–Crippen MR) is 71.4 cm³/mol. The third kappa shape index (κ3) is 2.93. The first kappa shape index (κ1) is 13.1. The van der Waals surface area contributed by atoms with Crippen LogP contribution in [0.5, 0.6) is 5.75 Å². The number of halogens is 1. The Hall–Kier alpha value is -1.29. The fourth-order valence-electron chi connectivity index (χ4n) is 2.67. The number of nitrogens with one attached hydrogen (secondary N) is 1. The van der Waals surface area contributed by atoms with Crippen molar-refractivity contribution >= 4 is 5.69 Å². The van der Waals surface area contributed by atoms with Crippen molar-refractivity contribution in [1.29, 1.82) is 0 Å². The Morgan fingerprint density at radius 1 is 1.44 bits per heavy atom. The van der Waals surface area contributed by atoms with Crippen molar-refractivity contribution in [2.45, 2.75) is 31.7 Å². The van der Waals surface area contributed by atoms with E-state index in [0.29, 0.717) is 23.9 Å². The molecule has 100 valence electrons. The number of anilines is 1. The highest BCUT2D eigenvalue weighted by Gasteiger charge is 2.24. The van der Waals surface area contributed by atoms with Crippen LogP contribution in [0.15, 0.2) is 18.2 Å². The quantitative estimate of drug-likeness (QED) is 0.847. The van der Waals surface area contributed by atoms with E-state index in [2.05, 4.69) is 5.32 Å². The molecule has 1 fully saturated rings. The molecular weight excluding hydrogens is 231 g/mol. The molecule has 1 aromatic carbocycles. The lowest BCUT2D eigenvalue weighted by atomic mass is 9.98. The smallest absolute Gasteiger partial charge is 0.146 e. The standard InChI is InChI=1S/C14H21FN2O/c1-18-11-6-7-12(15)13(8-11)17-14(9-16)10-4-2-3-5-10/h6-8,10,14,17H,2-5,9,16H2,1H3. The maximum atomic E-state index is 13.7. The van der Waals surface area contributed by atoms with E-state index >= 15 is 0 Å². The molecule has 1 unspecified atom stereocenters. The van der Waals surface area contributed by atoms with Gasteiger partial charge in [-0.3, -0.25) is 0 Å². The molecule has 0 aromatic heterocycles. The lowest BCUT2D eigenvalue weighted by Crippen LogP contribution is -2.35. The lowest BCUT2D eigenvalue weighted by molar-refractivity contribution is 0.413. The summed E-state index contributed by atoms with van der Waals surface area (Å²) in [6.45, 7) is 0.529. The zero-order valence-corrected chi connectivity index (χ0v) is 10.8. The molecule has 4 heteroatoms. The zero-order valence-electron chi connectivity index (χ0n) is 10.8. The molecule has 0 bridgehead atoms. The summed E-state index contributed by atoms with van der Waals surface area (Å²) in [6.07, 6.45) is 4.87. The van der Waals surface area contributed by atoms with Gasteiger partial charge in [0, 0.05) is 18.7 Å². The molecule has 2 rings (SSSR count). The minimum atomic E-state index is -0.257. The van der Waals surface area contributed by atoms with E-state index in [1.54, 1.807) is 19.2 Å². The van der Waals surface area contributed by atoms with Crippen LogP contribution in [0, 0.1) is 11.7 Å². The minimum Gasteiger partial charge on any atom is -0.497 e. The van der Waals surface area contributed by atoms with Crippen LogP contribution >= 0.6 is 0 Å². The van der Waals surface area contributed by atoms with Gasteiger partial charge in [0.15, 0.2) is 0 Å². The fourth-order valence-corrected chi connectivity index (χ4v) is 2.67. The van der Waals surface area contributed by atoms with Crippen LogP contribution in [-0.4, -0.2) is 19.7 Å². The Bertz CT molecular complexity index is 391. The summed E-state index contributed by atoms with van der Waals surface area (Å²) in [5, 5.41) is 3.23. The molecule has 1 aromatic rings. The van der Waals surface area contributed by atoms with Crippen molar-refractivity contribution in [3.8, 4) is 5.75 Å². The van der Waals surface area contributed by atoms with Gasteiger partial charge in [0.2, 0.25) is 0 Å². The topological polar surface area (TPSA) is 47.3 Å². The number of methoxy groups -OCH3 is 1. The second-order valence-corrected chi connectivity index (χ2v) is 4.88. The van der Waals surface area contributed by atoms with Gasteiger partial charge in [-0.1, -0.05) is 12.8 Å². The van der Waals surface area contributed by atoms with Crippen LogP contribution in [0.1, 0.15) is 25.7 Å². The van der Waals surface area contributed by atoms with Gasteiger partial charge >= 0.3 is 0 Å². The van der Waals surface area contributed by atoms with E-state index in [1.165, 1.54) is 31.7 Å². The average Bonchev–Trinajstić information content (AvgIpc) is 2.91. The fraction of sp³-hybridized carbons (Fsp3) is 0.571. The van der Waals surface area contributed by atoms with E-state index < -0.39 is 0 Å². The number of ether oxygens (including phenoxy) is 1. The van der Waals surface area contributed by atoms with Gasteiger partial charge in [-0.05, 0) is 30.9 Å². The van der Waals surface area contributed by atoms with Crippen LogP contribution in [0.25, 0.3) is 0 Å². The number of rotatable bonds is 5. The molecule has 0 heterocycles. The molecule has 0 spiro atoms. The van der Waals surface area contributed by atoms with E-state index in [4.69, 9.17) is 10.5 Å². The van der Waals surface area contributed by atoms with Crippen molar-refractivity contribution in [1.82, 2.24) is 0 Å². The molecule has 1 aliphatic rings. The summed E-state index contributed by atoms with van der Waals surface area (Å²) in [5.74, 6) is 0.953. The van der Waals surface area contributed by atoms with Crippen molar-refractivity contribution in [2.75, 3.05) is 19.0 Å². The van der Waals surface area contributed by atoms with Gasteiger partial charge in [-0.15, -0.1) is 0 Å². The van der Waals surface area contributed by atoms with Crippen molar-refractivity contribution in [3.05, 3.63) is 24.0 Å². The Balaban J connectivity index is 2.10. The van der Waals surface area contributed by atoms with Gasteiger partial charge in [-0.25, -0.2) is 4.39 Å². The molecule has 3 nitrogen and oxygen atoms in total.